The normalized spacial score (nSPS) is 19.0. The minimum atomic E-state index is -0.444. The molecule has 2 saturated heterocycles. The Morgan fingerprint density at radius 2 is 1.72 bits per heavy atom. The summed E-state index contributed by atoms with van der Waals surface area (Å²) < 4.78 is 17.5. The minimum absolute atomic E-state index is 0.0170. The van der Waals surface area contributed by atoms with Crippen LogP contribution in [0.1, 0.15) is 0 Å². The lowest BCUT2D eigenvalue weighted by Crippen LogP contribution is -2.32. The molecule has 0 aromatic heterocycles. The van der Waals surface area contributed by atoms with Crippen LogP contribution in [0.3, 0.4) is 0 Å². The van der Waals surface area contributed by atoms with E-state index in [1.807, 2.05) is 0 Å². The average Bonchev–Trinajstić information content (AvgIpc) is 3.38. The van der Waals surface area contributed by atoms with Crippen LogP contribution in [0.4, 0.5) is 20.6 Å². The van der Waals surface area contributed by atoms with Crippen molar-refractivity contribution in [1.82, 2.24) is 9.80 Å². The molecule has 170 valence electrons. The van der Waals surface area contributed by atoms with E-state index in [1.165, 1.54) is 25.3 Å². The van der Waals surface area contributed by atoms with Crippen molar-refractivity contribution in [3.63, 3.8) is 0 Å². The number of carbonyl (C=O) groups is 2. The molecule has 2 aliphatic heterocycles. The first-order valence-electron chi connectivity index (χ1n) is 10.1. The topological polar surface area (TPSA) is 105 Å². The van der Waals surface area contributed by atoms with Gasteiger partial charge in [0.25, 0.3) is 5.69 Å². The van der Waals surface area contributed by atoms with Gasteiger partial charge in [-0.2, -0.15) is 0 Å². The molecule has 0 saturated carbocycles. The number of nitro benzene ring substituents is 1. The summed E-state index contributed by atoms with van der Waals surface area (Å²) in [5.74, 6) is 0.577. The molecule has 0 spiro atoms. The number of nitrogens with zero attached hydrogens (tertiary/aromatic N) is 3. The number of hydrogen-bond donors (Lipinski definition) is 1. The van der Waals surface area contributed by atoms with Crippen LogP contribution >= 0.6 is 0 Å². The van der Waals surface area contributed by atoms with Crippen molar-refractivity contribution in [2.75, 3.05) is 45.7 Å². The predicted molar refractivity (Wildman–Crippen MR) is 117 cm³/mol. The molecule has 2 aromatic rings. The van der Waals surface area contributed by atoms with E-state index >= 15 is 0 Å². The Bertz CT molecular complexity index is 971. The second-order valence-corrected chi connectivity index (χ2v) is 7.70. The summed E-state index contributed by atoms with van der Waals surface area (Å²) in [7, 11) is 3.02. The van der Waals surface area contributed by atoms with Gasteiger partial charge in [0, 0.05) is 51.1 Å². The fraction of sp³-hybridized carbons (Fsp3) is 0.364. The SMILES string of the molecule is CNc1cc(-c2ccc(F)cc2)ccc1[N+](=O)[O-].COC(=O)N1CC2CN(C=O)CC2C1. The number of nitrogens with one attached hydrogen (secondary N) is 1. The van der Waals surface area contributed by atoms with Crippen LogP contribution < -0.4 is 5.32 Å². The molecular weight excluding hydrogens is 419 g/mol. The quantitative estimate of drug-likeness (QED) is 0.441. The first-order valence-corrected chi connectivity index (χ1v) is 10.1. The van der Waals surface area contributed by atoms with Crippen LogP contribution in [0.2, 0.25) is 0 Å². The van der Waals surface area contributed by atoms with E-state index in [-0.39, 0.29) is 17.6 Å². The third-order valence-electron chi connectivity index (χ3n) is 5.74. The van der Waals surface area contributed by atoms with Crippen molar-refractivity contribution in [1.29, 1.82) is 0 Å². The highest BCUT2D eigenvalue weighted by atomic mass is 19.1. The minimum Gasteiger partial charge on any atom is -0.453 e. The van der Waals surface area contributed by atoms with Crippen molar-refractivity contribution >= 4 is 23.9 Å². The number of fused-ring (bicyclic) bond motifs is 1. The molecule has 0 aliphatic carbocycles. The summed E-state index contributed by atoms with van der Waals surface area (Å²) in [6.45, 7) is 3.01. The summed E-state index contributed by atoms with van der Waals surface area (Å²) in [5.41, 5.74) is 2.05. The Hall–Kier alpha value is -3.69. The number of likely N-dealkylation sites (tertiary alicyclic amines) is 2. The van der Waals surface area contributed by atoms with Gasteiger partial charge in [-0.3, -0.25) is 14.9 Å². The number of halogens is 1. The Morgan fingerprint density at radius 1 is 1.12 bits per heavy atom. The largest absolute Gasteiger partial charge is 0.453 e. The first-order chi connectivity index (χ1) is 15.4. The van der Waals surface area contributed by atoms with Gasteiger partial charge in [0.2, 0.25) is 6.41 Å². The van der Waals surface area contributed by atoms with Gasteiger partial charge in [-0.25, -0.2) is 9.18 Å². The fourth-order valence-corrected chi connectivity index (χ4v) is 4.11. The smallest absolute Gasteiger partial charge is 0.409 e. The first kappa shape index (κ1) is 23.0. The molecule has 2 unspecified atom stereocenters. The van der Waals surface area contributed by atoms with Crippen LogP contribution in [-0.4, -0.2) is 67.6 Å². The number of rotatable bonds is 4. The van der Waals surface area contributed by atoms with Crippen molar-refractivity contribution in [2.45, 2.75) is 0 Å². The van der Waals surface area contributed by atoms with E-state index < -0.39 is 4.92 Å². The summed E-state index contributed by atoms with van der Waals surface area (Å²) in [6.07, 6.45) is 0.637. The van der Waals surface area contributed by atoms with Crippen LogP contribution in [0, 0.1) is 27.8 Å². The highest BCUT2D eigenvalue weighted by Gasteiger charge is 2.41. The Morgan fingerprint density at radius 3 is 2.22 bits per heavy atom. The number of ether oxygens (including phenoxy) is 1. The van der Waals surface area contributed by atoms with Gasteiger partial charge in [0.1, 0.15) is 11.5 Å². The summed E-state index contributed by atoms with van der Waals surface area (Å²) in [5, 5.41) is 13.6. The van der Waals surface area contributed by atoms with Crippen LogP contribution in [0.5, 0.6) is 0 Å². The highest BCUT2D eigenvalue weighted by molar-refractivity contribution is 5.73. The molecule has 2 amide bonds. The number of carbonyl (C=O) groups excluding carboxylic acids is 2. The highest BCUT2D eigenvalue weighted by Crippen LogP contribution is 2.31. The molecule has 2 atom stereocenters. The molecule has 2 fully saturated rings. The molecule has 2 heterocycles. The van der Waals surface area contributed by atoms with E-state index in [0.29, 0.717) is 17.5 Å². The Kier molecular flexibility index (Phi) is 7.24. The van der Waals surface area contributed by atoms with Gasteiger partial charge >= 0.3 is 6.09 Å². The summed E-state index contributed by atoms with van der Waals surface area (Å²) in [4.78, 5) is 35.6. The fourth-order valence-electron chi connectivity index (χ4n) is 4.11. The predicted octanol–water partition coefficient (Wildman–Crippen LogP) is 3.22. The van der Waals surface area contributed by atoms with Gasteiger partial charge < -0.3 is 19.9 Å². The zero-order valence-corrected chi connectivity index (χ0v) is 17.9. The monoisotopic (exact) mass is 444 g/mol. The van der Waals surface area contributed by atoms with E-state index in [9.17, 15) is 24.1 Å². The van der Waals surface area contributed by atoms with Crippen molar-refractivity contribution in [3.8, 4) is 11.1 Å². The second-order valence-electron chi connectivity index (χ2n) is 7.70. The molecule has 32 heavy (non-hydrogen) atoms. The number of anilines is 1. The number of nitro groups is 1. The third-order valence-corrected chi connectivity index (χ3v) is 5.74. The van der Waals surface area contributed by atoms with E-state index in [1.54, 1.807) is 41.1 Å². The third kappa shape index (κ3) is 5.13. The maximum atomic E-state index is 12.8. The van der Waals surface area contributed by atoms with Gasteiger partial charge in [-0.1, -0.05) is 12.1 Å². The molecule has 0 radical (unpaired) electrons. The molecule has 9 nitrogen and oxygen atoms in total. The zero-order valence-electron chi connectivity index (χ0n) is 17.9. The summed E-state index contributed by atoms with van der Waals surface area (Å²) >= 11 is 0. The van der Waals surface area contributed by atoms with Crippen LogP contribution in [0.25, 0.3) is 11.1 Å². The van der Waals surface area contributed by atoms with Crippen molar-refractivity contribution in [3.05, 3.63) is 58.4 Å². The Balaban J connectivity index is 0.000000186. The lowest BCUT2D eigenvalue weighted by molar-refractivity contribution is -0.383. The van der Waals surface area contributed by atoms with Crippen LogP contribution in [0.15, 0.2) is 42.5 Å². The van der Waals surface area contributed by atoms with Gasteiger partial charge in [-0.15, -0.1) is 0 Å². The number of methoxy groups -OCH3 is 1. The van der Waals surface area contributed by atoms with E-state index in [0.717, 1.165) is 43.7 Å². The van der Waals surface area contributed by atoms with E-state index in [2.05, 4.69) is 10.1 Å². The average molecular weight is 444 g/mol. The molecule has 2 aliphatic rings. The Labute approximate surface area is 184 Å². The maximum absolute atomic E-state index is 12.8. The molecule has 4 rings (SSSR count). The molecular formula is C22H25FN4O5. The molecule has 10 heteroatoms. The lowest BCUT2D eigenvalue weighted by atomic mass is 10.0. The maximum Gasteiger partial charge on any atom is 0.409 e. The van der Waals surface area contributed by atoms with Gasteiger partial charge in [-0.05, 0) is 35.4 Å². The van der Waals surface area contributed by atoms with E-state index in [4.69, 9.17) is 0 Å². The van der Waals surface area contributed by atoms with Gasteiger partial charge in [0.15, 0.2) is 0 Å². The molecule has 0 bridgehead atoms. The number of amides is 2. The second kappa shape index (κ2) is 10.1. The van der Waals surface area contributed by atoms with Crippen molar-refractivity contribution in [2.24, 2.45) is 11.8 Å². The molecule has 2 aromatic carbocycles. The molecule has 1 N–H and O–H groups in total. The standard InChI is InChI=1S/C13H11FN2O2.C9H14N2O3/c1-15-12-8-10(4-7-13(12)16(17)18)9-2-5-11(14)6-3-9;1-14-9(13)11-4-7-2-10(6-12)3-8(7)5-11/h2-8,15H,1H3;6-8H,2-5H2,1H3. The van der Waals surface area contributed by atoms with Crippen molar-refractivity contribution < 1.29 is 23.6 Å². The lowest BCUT2D eigenvalue weighted by Gasteiger charge is -2.17. The number of hydrogen-bond acceptors (Lipinski definition) is 6. The summed E-state index contributed by atoms with van der Waals surface area (Å²) in [6, 6.07) is 10.7. The van der Waals surface area contributed by atoms with Crippen LogP contribution in [-0.2, 0) is 9.53 Å². The van der Waals surface area contributed by atoms with Gasteiger partial charge in [0.05, 0.1) is 12.0 Å². The zero-order chi connectivity index (χ0) is 23.3. The number of benzene rings is 2.